The third kappa shape index (κ3) is 5.36. The monoisotopic (exact) mass is 442 g/mol. The van der Waals surface area contributed by atoms with Crippen LogP contribution in [0.1, 0.15) is 0 Å². The number of nitrogens with zero attached hydrogens (tertiary/aromatic N) is 3. The molecule has 3 N–H and O–H groups in total. The lowest BCUT2D eigenvalue weighted by Crippen LogP contribution is -2.13. The molecule has 0 atom stereocenters. The highest BCUT2D eigenvalue weighted by Gasteiger charge is 2.11. The molecule has 8 nitrogen and oxygen atoms in total. The van der Waals surface area contributed by atoms with E-state index in [2.05, 4.69) is 31.7 Å². The summed E-state index contributed by atoms with van der Waals surface area (Å²) in [5, 5.41) is 7.16. The maximum absolute atomic E-state index is 12.2. The molecule has 1 amide bonds. The van der Waals surface area contributed by atoms with E-state index in [1.54, 1.807) is 31.5 Å². The topological polar surface area (TPSA) is 95.2 Å². The van der Waals surface area contributed by atoms with E-state index < -0.39 is 0 Å². The largest absolute Gasteiger partial charge is 0.495 e. The predicted molar refractivity (Wildman–Crippen MR) is 132 cm³/mol. The van der Waals surface area contributed by atoms with Crippen LogP contribution in [-0.4, -0.2) is 53.5 Å². The van der Waals surface area contributed by atoms with Crippen LogP contribution in [0.25, 0.3) is 22.2 Å². The van der Waals surface area contributed by atoms with Crippen molar-refractivity contribution < 1.29 is 9.53 Å². The zero-order chi connectivity index (χ0) is 23.2. The Morgan fingerprint density at radius 1 is 1.18 bits per heavy atom. The lowest BCUT2D eigenvalue weighted by molar-refractivity contribution is -0.111. The van der Waals surface area contributed by atoms with E-state index >= 15 is 0 Å². The van der Waals surface area contributed by atoms with Gasteiger partial charge in [-0.05, 0) is 44.4 Å². The van der Waals surface area contributed by atoms with Gasteiger partial charge in [-0.3, -0.25) is 4.79 Å². The first-order chi connectivity index (χ1) is 16.0. The molecule has 2 heterocycles. The number of carbonyl (C=O) groups is 1. The van der Waals surface area contributed by atoms with Gasteiger partial charge in [0.25, 0.3) is 0 Å². The van der Waals surface area contributed by atoms with Crippen LogP contribution in [0.15, 0.2) is 73.1 Å². The quantitative estimate of drug-likeness (QED) is 0.349. The summed E-state index contributed by atoms with van der Waals surface area (Å²) >= 11 is 0. The van der Waals surface area contributed by atoms with Gasteiger partial charge in [0, 0.05) is 47.2 Å². The summed E-state index contributed by atoms with van der Waals surface area (Å²) in [6, 6.07) is 15.3. The molecule has 0 aliphatic rings. The summed E-state index contributed by atoms with van der Waals surface area (Å²) in [7, 11) is 5.48. The molecule has 4 rings (SSSR count). The second-order valence-electron chi connectivity index (χ2n) is 7.71. The molecule has 0 aliphatic heterocycles. The van der Waals surface area contributed by atoms with Crippen molar-refractivity contribution in [3.63, 3.8) is 0 Å². The number of para-hydroxylation sites is 1. The molecule has 0 bridgehead atoms. The highest BCUT2D eigenvalue weighted by atomic mass is 16.5. The van der Waals surface area contributed by atoms with Gasteiger partial charge < -0.3 is 25.3 Å². The van der Waals surface area contributed by atoms with E-state index in [0.717, 1.165) is 22.2 Å². The number of ether oxygens (including phenoxy) is 1. The molecule has 0 spiro atoms. The molecular formula is C25H26N6O2. The van der Waals surface area contributed by atoms with Gasteiger partial charge >= 0.3 is 0 Å². The van der Waals surface area contributed by atoms with Crippen molar-refractivity contribution >= 4 is 34.1 Å². The first-order valence-electron chi connectivity index (χ1n) is 10.5. The summed E-state index contributed by atoms with van der Waals surface area (Å²) in [5.74, 6) is 0.827. The molecule has 0 radical (unpaired) electrons. The zero-order valence-electron chi connectivity index (χ0n) is 18.8. The number of likely N-dealkylation sites (N-methyl/N-ethyl adjacent to an activating group) is 1. The van der Waals surface area contributed by atoms with Gasteiger partial charge in [0.1, 0.15) is 5.75 Å². The maximum atomic E-state index is 12.2. The van der Waals surface area contributed by atoms with Crippen molar-refractivity contribution in [3.05, 3.63) is 73.1 Å². The Morgan fingerprint density at radius 2 is 2.03 bits per heavy atom. The summed E-state index contributed by atoms with van der Waals surface area (Å²) in [4.78, 5) is 26.5. The molecule has 33 heavy (non-hydrogen) atoms. The van der Waals surface area contributed by atoms with Gasteiger partial charge in [0.15, 0.2) is 0 Å². The fourth-order valence-electron chi connectivity index (χ4n) is 3.41. The van der Waals surface area contributed by atoms with Crippen molar-refractivity contribution in [2.45, 2.75) is 0 Å². The standard InChI is InChI=1S/C25H26N6O2/c1-31(2)14-6-9-24(32)28-17-10-11-23(33-3)22(15-17)30-25-26-13-12-21(29-25)19-16-27-20-8-5-4-7-18(19)20/h4-13,15-16,27H,14H2,1-3H3,(H,28,32)(H,26,29,30)/b9-6+. The van der Waals surface area contributed by atoms with E-state index in [9.17, 15) is 4.79 Å². The van der Waals surface area contributed by atoms with Gasteiger partial charge in [-0.15, -0.1) is 0 Å². The van der Waals surface area contributed by atoms with Crippen LogP contribution in [0.2, 0.25) is 0 Å². The molecule has 4 aromatic rings. The Kier molecular flexibility index (Phi) is 6.66. The fourth-order valence-corrected chi connectivity index (χ4v) is 3.41. The number of methoxy groups -OCH3 is 1. The van der Waals surface area contributed by atoms with E-state index in [1.807, 2.05) is 55.5 Å². The first kappa shape index (κ1) is 22.0. The van der Waals surface area contributed by atoms with Crippen molar-refractivity contribution in [2.75, 3.05) is 38.4 Å². The van der Waals surface area contributed by atoms with Gasteiger partial charge in [-0.1, -0.05) is 24.3 Å². The first-order valence-corrected chi connectivity index (χ1v) is 10.5. The van der Waals surface area contributed by atoms with Gasteiger partial charge in [-0.25, -0.2) is 9.97 Å². The molecule has 8 heteroatoms. The second-order valence-corrected chi connectivity index (χ2v) is 7.71. The number of rotatable bonds is 8. The Balaban J connectivity index is 1.56. The number of anilines is 3. The number of aromatic amines is 1. The molecule has 0 aliphatic carbocycles. The van der Waals surface area contributed by atoms with Crippen LogP contribution >= 0.6 is 0 Å². The molecule has 0 saturated heterocycles. The minimum Gasteiger partial charge on any atom is -0.495 e. The molecule has 0 unspecified atom stereocenters. The molecular weight excluding hydrogens is 416 g/mol. The number of aromatic nitrogens is 3. The highest BCUT2D eigenvalue weighted by molar-refractivity contribution is 5.99. The summed E-state index contributed by atoms with van der Waals surface area (Å²) in [6.07, 6.45) is 6.98. The smallest absolute Gasteiger partial charge is 0.248 e. The van der Waals surface area contributed by atoms with Crippen LogP contribution in [0, 0.1) is 0 Å². The number of carbonyl (C=O) groups excluding carboxylic acids is 1. The zero-order valence-corrected chi connectivity index (χ0v) is 18.8. The summed E-state index contributed by atoms with van der Waals surface area (Å²) in [6.45, 7) is 0.687. The Hall–Kier alpha value is -4.17. The minimum absolute atomic E-state index is 0.203. The number of fused-ring (bicyclic) bond motifs is 1. The van der Waals surface area contributed by atoms with Gasteiger partial charge in [0.05, 0.1) is 18.5 Å². The Labute approximate surface area is 192 Å². The van der Waals surface area contributed by atoms with Crippen LogP contribution in [-0.2, 0) is 4.79 Å². The van der Waals surface area contributed by atoms with E-state index in [0.29, 0.717) is 29.6 Å². The van der Waals surface area contributed by atoms with Crippen molar-refractivity contribution in [3.8, 4) is 17.0 Å². The fraction of sp³-hybridized carbons (Fsp3) is 0.160. The number of amides is 1. The third-order valence-corrected chi connectivity index (χ3v) is 4.97. The second kappa shape index (κ2) is 9.97. The molecule has 2 aromatic heterocycles. The number of H-pyrrole nitrogens is 1. The highest BCUT2D eigenvalue weighted by Crippen LogP contribution is 2.31. The number of hydrogen-bond donors (Lipinski definition) is 3. The summed E-state index contributed by atoms with van der Waals surface area (Å²) in [5.41, 5.74) is 4.10. The van der Waals surface area contributed by atoms with E-state index in [1.165, 1.54) is 6.08 Å². The molecule has 0 saturated carbocycles. The van der Waals surface area contributed by atoms with Crippen molar-refractivity contribution in [1.29, 1.82) is 0 Å². The summed E-state index contributed by atoms with van der Waals surface area (Å²) < 4.78 is 5.47. The number of benzene rings is 2. The van der Waals surface area contributed by atoms with Crippen LogP contribution in [0.3, 0.4) is 0 Å². The average molecular weight is 443 g/mol. The molecule has 0 fully saturated rings. The third-order valence-electron chi connectivity index (χ3n) is 4.97. The lowest BCUT2D eigenvalue weighted by Gasteiger charge is -2.13. The number of nitrogens with one attached hydrogen (secondary N) is 3. The Bertz CT molecular complexity index is 1300. The van der Waals surface area contributed by atoms with Crippen LogP contribution in [0.4, 0.5) is 17.3 Å². The van der Waals surface area contributed by atoms with Crippen molar-refractivity contribution in [2.24, 2.45) is 0 Å². The predicted octanol–water partition coefficient (Wildman–Crippen LogP) is 4.43. The molecule has 168 valence electrons. The lowest BCUT2D eigenvalue weighted by atomic mass is 10.1. The normalized spacial score (nSPS) is 11.3. The van der Waals surface area contributed by atoms with Crippen LogP contribution < -0.4 is 15.4 Å². The van der Waals surface area contributed by atoms with Gasteiger partial charge in [-0.2, -0.15) is 0 Å². The average Bonchev–Trinajstić information content (AvgIpc) is 3.23. The van der Waals surface area contributed by atoms with Crippen LogP contribution in [0.5, 0.6) is 5.75 Å². The van der Waals surface area contributed by atoms with Crippen molar-refractivity contribution in [1.82, 2.24) is 19.9 Å². The number of hydrogen-bond acceptors (Lipinski definition) is 6. The molecule has 2 aromatic carbocycles. The van der Waals surface area contributed by atoms with E-state index in [4.69, 9.17) is 4.74 Å². The maximum Gasteiger partial charge on any atom is 0.248 e. The SMILES string of the molecule is COc1ccc(NC(=O)/C=C/CN(C)C)cc1Nc1nccc(-c2c[nH]c3ccccc23)n1. The Morgan fingerprint density at radius 3 is 2.85 bits per heavy atom. The van der Waals surface area contributed by atoms with E-state index in [-0.39, 0.29) is 5.91 Å². The minimum atomic E-state index is -0.203. The van der Waals surface area contributed by atoms with Gasteiger partial charge in [0.2, 0.25) is 11.9 Å².